The van der Waals surface area contributed by atoms with Crippen molar-refractivity contribution in [3.8, 4) is 0 Å². The first kappa shape index (κ1) is 12.3. The van der Waals surface area contributed by atoms with Gasteiger partial charge in [-0.05, 0) is 17.7 Å². The molecule has 0 aliphatic carbocycles. The molecule has 0 aliphatic rings. The van der Waals surface area contributed by atoms with Crippen molar-refractivity contribution < 1.29 is 0 Å². The summed E-state index contributed by atoms with van der Waals surface area (Å²) in [7, 11) is 0. The lowest BCUT2D eigenvalue weighted by Gasteiger charge is -1.99. The van der Waals surface area contributed by atoms with Gasteiger partial charge < -0.3 is 0 Å². The molecule has 0 spiro atoms. The molecule has 0 radical (unpaired) electrons. The molecule has 0 saturated carbocycles. The first-order chi connectivity index (χ1) is 10.3. The van der Waals surface area contributed by atoms with Gasteiger partial charge in [0.2, 0.25) is 0 Å². The van der Waals surface area contributed by atoms with Crippen molar-refractivity contribution in [2.24, 2.45) is 0 Å². The Morgan fingerprint density at radius 2 is 1.86 bits per heavy atom. The van der Waals surface area contributed by atoms with E-state index in [4.69, 9.17) is 11.6 Å². The van der Waals surface area contributed by atoms with Crippen LogP contribution in [-0.4, -0.2) is 19.6 Å². The van der Waals surface area contributed by atoms with Crippen LogP contribution in [0.4, 0.5) is 0 Å². The van der Waals surface area contributed by atoms with Gasteiger partial charge in [0.1, 0.15) is 6.33 Å². The maximum absolute atomic E-state index is 6.28. The summed E-state index contributed by atoms with van der Waals surface area (Å²) in [6.45, 7) is 0. The van der Waals surface area contributed by atoms with Gasteiger partial charge in [0.05, 0.1) is 15.9 Å². The summed E-state index contributed by atoms with van der Waals surface area (Å²) in [6.07, 6.45) is 2.37. The number of halogens is 1. The van der Waals surface area contributed by atoms with Crippen molar-refractivity contribution in [3.05, 3.63) is 71.3 Å². The van der Waals surface area contributed by atoms with Crippen LogP contribution in [0.25, 0.3) is 16.6 Å². The second-order valence-corrected chi connectivity index (χ2v) is 5.24. The molecule has 2 aromatic heterocycles. The third kappa shape index (κ3) is 2.14. The minimum Gasteiger partial charge on any atom is -0.236 e. The first-order valence-electron chi connectivity index (χ1n) is 6.64. The predicted octanol–water partition coefficient (Wildman–Crippen LogP) is 3.52. The molecule has 0 fully saturated rings. The molecule has 102 valence electrons. The number of hydrogen-bond donors (Lipinski definition) is 0. The van der Waals surface area contributed by atoms with E-state index in [1.807, 2.05) is 36.4 Å². The SMILES string of the molecule is Clc1cccc2ncn3nc(Cc4ccccc4)nc3c12. The van der Waals surface area contributed by atoms with E-state index in [0.717, 1.165) is 22.4 Å². The first-order valence-corrected chi connectivity index (χ1v) is 7.01. The lowest BCUT2D eigenvalue weighted by molar-refractivity contribution is 0.884. The number of aromatic nitrogens is 4. The number of rotatable bonds is 2. The number of benzene rings is 2. The summed E-state index contributed by atoms with van der Waals surface area (Å²) in [5.41, 5.74) is 2.75. The molecule has 4 rings (SSSR count). The third-order valence-electron chi connectivity index (χ3n) is 3.40. The van der Waals surface area contributed by atoms with Gasteiger partial charge >= 0.3 is 0 Å². The van der Waals surface area contributed by atoms with Crippen LogP contribution in [-0.2, 0) is 6.42 Å². The van der Waals surface area contributed by atoms with Crippen LogP contribution in [0.15, 0.2) is 54.9 Å². The minimum absolute atomic E-state index is 0.643. The Bertz CT molecular complexity index is 931. The molecule has 0 bridgehead atoms. The lowest BCUT2D eigenvalue weighted by atomic mass is 10.1. The van der Waals surface area contributed by atoms with Crippen LogP contribution in [0, 0.1) is 0 Å². The van der Waals surface area contributed by atoms with Crippen LogP contribution in [0.3, 0.4) is 0 Å². The van der Waals surface area contributed by atoms with Crippen molar-refractivity contribution in [2.75, 3.05) is 0 Å². The van der Waals surface area contributed by atoms with E-state index in [0.29, 0.717) is 11.4 Å². The molecular formula is C16H11ClN4. The largest absolute Gasteiger partial charge is 0.236 e. The Morgan fingerprint density at radius 1 is 1.00 bits per heavy atom. The summed E-state index contributed by atoms with van der Waals surface area (Å²) in [6, 6.07) is 15.8. The second-order valence-electron chi connectivity index (χ2n) is 4.84. The summed E-state index contributed by atoms with van der Waals surface area (Å²) < 4.78 is 1.69. The van der Waals surface area contributed by atoms with E-state index < -0.39 is 0 Å². The smallest absolute Gasteiger partial charge is 0.168 e. The zero-order chi connectivity index (χ0) is 14.2. The van der Waals surface area contributed by atoms with Crippen LogP contribution in [0.5, 0.6) is 0 Å². The second kappa shape index (κ2) is 4.82. The highest BCUT2D eigenvalue weighted by molar-refractivity contribution is 6.36. The Morgan fingerprint density at radius 3 is 2.71 bits per heavy atom. The van der Waals surface area contributed by atoms with E-state index in [1.165, 1.54) is 5.56 Å². The van der Waals surface area contributed by atoms with Crippen molar-refractivity contribution in [3.63, 3.8) is 0 Å². The molecule has 4 nitrogen and oxygen atoms in total. The third-order valence-corrected chi connectivity index (χ3v) is 3.72. The van der Waals surface area contributed by atoms with Crippen LogP contribution in [0.1, 0.15) is 11.4 Å². The van der Waals surface area contributed by atoms with Crippen molar-refractivity contribution >= 4 is 28.2 Å². The maximum atomic E-state index is 6.28. The van der Waals surface area contributed by atoms with E-state index in [2.05, 4.69) is 27.2 Å². The molecule has 4 aromatic rings. The van der Waals surface area contributed by atoms with Gasteiger partial charge in [-0.3, -0.25) is 0 Å². The average Bonchev–Trinajstić information content (AvgIpc) is 2.90. The van der Waals surface area contributed by atoms with Crippen LogP contribution in [0.2, 0.25) is 5.02 Å². The molecular weight excluding hydrogens is 284 g/mol. The topological polar surface area (TPSA) is 43.1 Å². The van der Waals surface area contributed by atoms with Gasteiger partial charge in [0.15, 0.2) is 11.5 Å². The highest BCUT2D eigenvalue weighted by Crippen LogP contribution is 2.25. The monoisotopic (exact) mass is 294 g/mol. The number of fused-ring (bicyclic) bond motifs is 3. The fourth-order valence-electron chi connectivity index (χ4n) is 2.43. The summed E-state index contributed by atoms with van der Waals surface area (Å²) in [5, 5.41) is 5.97. The van der Waals surface area contributed by atoms with Crippen molar-refractivity contribution in [1.82, 2.24) is 19.6 Å². The zero-order valence-electron chi connectivity index (χ0n) is 11.1. The van der Waals surface area contributed by atoms with Gasteiger partial charge in [-0.1, -0.05) is 48.0 Å². The minimum atomic E-state index is 0.643. The fraction of sp³-hybridized carbons (Fsp3) is 0.0625. The highest BCUT2D eigenvalue weighted by atomic mass is 35.5. The average molecular weight is 295 g/mol. The maximum Gasteiger partial charge on any atom is 0.168 e. The quantitative estimate of drug-likeness (QED) is 0.568. The van der Waals surface area contributed by atoms with Gasteiger partial charge in [0.25, 0.3) is 0 Å². The Labute approximate surface area is 126 Å². The highest BCUT2D eigenvalue weighted by Gasteiger charge is 2.11. The molecule has 2 heterocycles. The Balaban J connectivity index is 1.88. The van der Waals surface area contributed by atoms with Gasteiger partial charge in [-0.25, -0.2) is 14.5 Å². The molecule has 0 unspecified atom stereocenters. The summed E-state index contributed by atoms with van der Waals surface area (Å²) >= 11 is 6.28. The molecule has 2 aromatic carbocycles. The summed E-state index contributed by atoms with van der Waals surface area (Å²) in [5.74, 6) is 0.760. The van der Waals surface area contributed by atoms with E-state index in [9.17, 15) is 0 Å². The molecule has 0 atom stereocenters. The van der Waals surface area contributed by atoms with Gasteiger partial charge in [0, 0.05) is 6.42 Å². The van der Waals surface area contributed by atoms with Gasteiger partial charge in [-0.2, -0.15) is 0 Å². The van der Waals surface area contributed by atoms with Crippen LogP contribution >= 0.6 is 11.6 Å². The van der Waals surface area contributed by atoms with Crippen LogP contribution < -0.4 is 0 Å². The zero-order valence-corrected chi connectivity index (χ0v) is 11.8. The fourth-order valence-corrected chi connectivity index (χ4v) is 2.68. The standard InChI is InChI=1S/C16H11ClN4/c17-12-7-4-8-13-15(12)16-19-14(20-21(16)10-18-13)9-11-5-2-1-3-6-11/h1-8,10H,9H2. The molecule has 5 heteroatoms. The predicted molar refractivity (Wildman–Crippen MR) is 82.5 cm³/mol. The lowest BCUT2D eigenvalue weighted by Crippen LogP contribution is -1.93. The normalized spacial score (nSPS) is 11.3. The van der Waals surface area contributed by atoms with Crippen molar-refractivity contribution in [1.29, 1.82) is 0 Å². The van der Waals surface area contributed by atoms with E-state index >= 15 is 0 Å². The van der Waals surface area contributed by atoms with Crippen molar-refractivity contribution in [2.45, 2.75) is 6.42 Å². The summed E-state index contributed by atoms with van der Waals surface area (Å²) in [4.78, 5) is 8.99. The number of nitrogens with zero attached hydrogens (tertiary/aromatic N) is 4. The molecule has 0 aliphatic heterocycles. The molecule has 0 saturated heterocycles. The molecule has 0 amide bonds. The Hall–Kier alpha value is -2.46. The number of hydrogen-bond acceptors (Lipinski definition) is 3. The molecule has 21 heavy (non-hydrogen) atoms. The molecule has 0 N–H and O–H groups in total. The van der Waals surface area contributed by atoms with E-state index in [-0.39, 0.29) is 0 Å². The Kier molecular flexibility index (Phi) is 2.82. The van der Waals surface area contributed by atoms with Gasteiger partial charge in [-0.15, -0.1) is 5.10 Å². The van der Waals surface area contributed by atoms with E-state index in [1.54, 1.807) is 10.8 Å².